The Morgan fingerprint density at radius 1 is 1.06 bits per heavy atom. The number of benzene rings is 2. The van der Waals surface area contributed by atoms with Gasteiger partial charge in [0, 0.05) is 11.1 Å². The number of nitrogens with two attached hydrogens (primary N) is 1. The quantitative estimate of drug-likeness (QED) is 0.908. The van der Waals surface area contributed by atoms with Crippen molar-refractivity contribution in [3.05, 3.63) is 65.2 Å². The molecule has 0 aliphatic rings. The second kappa shape index (κ2) is 5.89. The summed E-state index contributed by atoms with van der Waals surface area (Å²) in [7, 11) is 0. The standard InChI is InChI=1S/C15H16ClNO/c1-11(17)15(12-6-5-7-13(16)10-12)18-14-8-3-2-4-9-14/h2-11,15H,17H2,1H3. The van der Waals surface area contributed by atoms with Crippen molar-refractivity contribution >= 4 is 11.6 Å². The molecule has 2 nitrogen and oxygen atoms in total. The zero-order valence-corrected chi connectivity index (χ0v) is 11.0. The maximum atomic E-state index is 6.00. The van der Waals surface area contributed by atoms with E-state index in [-0.39, 0.29) is 12.1 Å². The fraction of sp³-hybridized carbons (Fsp3) is 0.200. The minimum Gasteiger partial charge on any atom is -0.484 e. The van der Waals surface area contributed by atoms with Gasteiger partial charge in [-0.1, -0.05) is 41.9 Å². The van der Waals surface area contributed by atoms with E-state index in [1.807, 2.05) is 61.5 Å². The van der Waals surface area contributed by atoms with Crippen LogP contribution in [0.4, 0.5) is 0 Å². The van der Waals surface area contributed by atoms with Gasteiger partial charge in [-0.05, 0) is 36.8 Å². The van der Waals surface area contributed by atoms with Crippen LogP contribution in [0.15, 0.2) is 54.6 Å². The molecule has 2 atom stereocenters. The highest BCUT2D eigenvalue weighted by atomic mass is 35.5. The van der Waals surface area contributed by atoms with E-state index in [0.29, 0.717) is 5.02 Å². The fourth-order valence-corrected chi connectivity index (χ4v) is 2.01. The summed E-state index contributed by atoms with van der Waals surface area (Å²) in [6.07, 6.45) is -0.203. The van der Waals surface area contributed by atoms with Crippen LogP contribution in [-0.4, -0.2) is 6.04 Å². The summed E-state index contributed by atoms with van der Waals surface area (Å²) in [6.45, 7) is 1.93. The minimum absolute atomic E-state index is 0.122. The van der Waals surface area contributed by atoms with E-state index in [4.69, 9.17) is 22.1 Å². The highest BCUT2D eigenvalue weighted by Crippen LogP contribution is 2.25. The summed E-state index contributed by atoms with van der Waals surface area (Å²) in [5.41, 5.74) is 6.99. The van der Waals surface area contributed by atoms with E-state index in [1.165, 1.54) is 0 Å². The molecule has 0 aliphatic carbocycles. The Hall–Kier alpha value is -1.51. The third kappa shape index (κ3) is 3.25. The van der Waals surface area contributed by atoms with Crippen molar-refractivity contribution in [2.45, 2.75) is 19.1 Å². The number of hydrogen-bond donors (Lipinski definition) is 1. The minimum atomic E-state index is -0.203. The molecule has 2 aromatic carbocycles. The molecule has 0 radical (unpaired) electrons. The molecular weight excluding hydrogens is 246 g/mol. The lowest BCUT2D eigenvalue weighted by molar-refractivity contribution is 0.180. The van der Waals surface area contributed by atoms with E-state index in [9.17, 15) is 0 Å². The van der Waals surface area contributed by atoms with Crippen molar-refractivity contribution in [1.82, 2.24) is 0 Å². The topological polar surface area (TPSA) is 35.2 Å². The molecule has 0 bridgehead atoms. The molecule has 0 saturated carbocycles. The van der Waals surface area contributed by atoms with Crippen molar-refractivity contribution in [2.24, 2.45) is 5.73 Å². The van der Waals surface area contributed by atoms with Gasteiger partial charge in [-0.3, -0.25) is 0 Å². The molecule has 2 aromatic rings. The molecule has 0 fully saturated rings. The predicted octanol–water partition coefficient (Wildman–Crippen LogP) is 3.81. The number of para-hydroxylation sites is 1. The molecule has 0 heterocycles. The summed E-state index contributed by atoms with van der Waals surface area (Å²) < 4.78 is 5.93. The van der Waals surface area contributed by atoms with E-state index >= 15 is 0 Å². The van der Waals surface area contributed by atoms with E-state index in [0.717, 1.165) is 11.3 Å². The summed E-state index contributed by atoms with van der Waals surface area (Å²) in [6, 6.07) is 17.1. The summed E-state index contributed by atoms with van der Waals surface area (Å²) in [4.78, 5) is 0. The number of ether oxygens (including phenoxy) is 1. The van der Waals surface area contributed by atoms with Crippen LogP contribution in [0.3, 0.4) is 0 Å². The molecular formula is C15H16ClNO. The van der Waals surface area contributed by atoms with E-state index in [1.54, 1.807) is 0 Å². The lowest BCUT2D eigenvalue weighted by Gasteiger charge is -2.23. The van der Waals surface area contributed by atoms with Crippen molar-refractivity contribution in [3.63, 3.8) is 0 Å². The van der Waals surface area contributed by atoms with Crippen LogP contribution in [0.25, 0.3) is 0 Å². The second-order valence-electron chi connectivity index (χ2n) is 4.27. The summed E-state index contributed by atoms with van der Waals surface area (Å²) in [5.74, 6) is 0.805. The average Bonchev–Trinajstić information content (AvgIpc) is 2.37. The zero-order chi connectivity index (χ0) is 13.0. The third-order valence-electron chi connectivity index (χ3n) is 2.66. The molecule has 18 heavy (non-hydrogen) atoms. The number of rotatable bonds is 4. The second-order valence-corrected chi connectivity index (χ2v) is 4.70. The Labute approximate surface area is 112 Å². The van der Waals surface area contributed by atoms with Crippen LogP contribution >= 0.6 is 11.6 Å². The summed E-state index contributed by atoms with van der Waals surface area (Å²) >= 11 is 6.00. The normalized spacial score (nSPS) is 13.9. The van der Waals surface area contributed by atoms with E-state index < -0.39 is 0 Å². The zero-order valence-electron chi connectivity index (χ0n) is 10.2. The Balaban J connectivity index is 2.24. The van der Waals surface area contributed by atoms with Crippen LogP contribution in [-0.2, 0) is 0 Å². The molecule has 2 unspecified atom stereocenters. The molecule has 0 amide bonds. The molecule has 0 spiro atoms. The van der Waals surface area contributed by atoms with Gasteiger partial charge in [0.15, 0.2) is 0 Å². The van der Waals surface area contributed by atoms with Gasteiger partial charge in [-0.25, -0.2) is 0 Å². The lowest BCUT2D eigenvalue weighted by Crippen LogP contribution is -2.29. The first-order valence-corrected chi connectivity index (χ1v) is 6.27. The first-order chi connectivity index (χ1) is 8.66. The van der Waals surface area contributed by atoms with Crippen molar-refractivity contribution in [3.8, 4) is 5.75 Å². The highest BCUT2D eigenvalue weighted by Gasteiger charge is 2.18. The van der Waals surface area contributed by atoms with Gasteiger partial charge in [-0.15, -0.1) is 0 Å². The van der Waals surface area contributed by atoms with Crippen LogP contribution < -0.4 is 10.5 Å². The van der Waals surface area contributed by atoms with Gasteiger partial charge in [0.1, 0.15) is 11.9 Å². The van der Waals surface area contributed by atoms with Crippen molar-refractivity contribution < 1.29 is 4.74 Å². The van der Waals surface area contributed by atoms with Crippen LogP contribution in [0.5, 0.6) is 5.75 Å². The average molecular weight is 262 g/mol. The predicted molar refractivity (Wildman–Crippen MR) is 74.9 cm³/mol. The maximum Gasteiger partial charge on any atom is 0.138 e. The smallest absolute Gasteiger partial charge is 0.138 e. The number of hydrogen-bond acceptors (Lipinski definition) is 2. The molecule has 0 aliphatic heterocycles. The van der Waals surface area contributed by atoms with Crippen molar-refractivity contribution in [1.29, 1.82) is 0 Å². The number of halogens is 1. The largest absolute Gasteiger partial charge is 0.484 e. The molecule has 0 saturated heterocycles. The maximum absolute atomic E-state index is 6.00. The first kappa shape index (κ1) is 12.9. The van der Waals surface area contributed by atoms with Gasteiger partial charge in [0.2, 0.25) is 0 Å². The van der Waals surface area contributed by atoms with Gasteiger partial charge in [0.25, 0.3) is 0 Å². The van der Waals surface area contributed by atoms with Crippen molar-refractivity contribution in [2.75, 3.05) is 0 Å². The van der Waals surface area contributed by atoms with Gasteiger partial charge in [-0.2, -0.15) is 0 Å². The van der Waals surface area contributed by atoms with Crippen LogP contribution in [0.2, 0.25) is 5.02 Å². The Bertz CT molecular complexity index is 499. The highest BCUT2D eigenvalue weighted by molar-refractivity contribution is 6.30. The molecule has 0 aromatic heterocycles. The van der Waals surface area contributed by atoms with Crippen LogP contribution in [0.1, 0.15) is 18.6 Å². The molecule has 3 heteroatoms. The molecule has 2 rings (SSSR count). The monoisotopic (exact) mass is 261 g/mol. The first-order valence-electron chi connectivity index (χ1n) is 5.89. The Morgan fingerprint density at radius 3 is 2.39 bits per heavy atom. The Kier molecular flexibility index (Phi) is 4.24. The van der Waals surface area contributed by atoms with Gasteiger partial charge < -0.3 is 10.5 Å². The Morgan fingerprint density at radius 2 is 1.78 bits per heavy atom. The van der Waals surface area contributed by atoms with Crippen LogP contribution in [0, 0.1) is 0 Å². The van der Waals surface area contributed by atoms with Gasteiger partial charge in [0.05, 0.1) is 0 Å². The SMILES string of the molecule is CC(N)C(Oc1ccccc1)c1cccc(Cl)c1. The third-order valence-corrected chi connectivity index (χ3v) is 2.90. The lowest BCUT2D eigenvalue weighted by atomic mass is 10.0. The molecule has 94 valence electrons. The van der Waals surface area contributed by atoms with Gasteiger partial charge >= 0.3 is 0 Å². The fourth-order valence-electron chi connectivity index (χ4n) is 1.81. The molecule has 2 N–H and O–H groups in total. The van der Waals surface area contributed by atoms with E-state index in [2.05, 4.69) is 0 Å². The summed E-state index contributed by atoms with van der Waals surface area (Å²) in [5, 5.41) is 0.690.